The summed E-state index contributed by atoms with van der Waals surface area (Å²) in [4.78, 5) is 11.8. The van der Waals surface area contributed by atoms with Gasteiger partial charge >= 0.3 is 0 Å². The highest BCUT2D eigenvalue weighted by molar-refractivity contribution is 6.18. The third-order valence-electron chi connectivity index (χ3n) is 3.10. The molecule has 4 heteroatoms. The zero-order valence-electron chi connectivity index (χ0n) is 11.8. The monoisotopic (exact) mass is 283 g/mol. The summed E-state index contributed by atoms with van der Waals surface area (Å²) >= 11 is 5.85. The van der Waals surface area contributed by atoms with Crippen LogP contribution in [0.5, 0.6) is 5.75 Å². The summed E-state index contributed by atoms with van der Waals surface area (Å²) in [6.45, 7) is 6.33. The lowest BCUT2D eigenvalue weighted by molar-refractivity contribution is -0.123. The molecule has 0 aliphatic heterocycles. The minimum Gasteiger partial charge on any atom is -0.493 e. The van der Waals surface area contributed by atoms with Gasteiger partial charge < -0.3 is 10.1 Å². The van der Waals surface area contributed by atoms with Crippen LogP contribution in [0.1, 0.15) is 32.3 Å². The summed E-state index contributed by atoms with van der Waals surface area (Å²) < 4.78 is 5.55. The number of amides is 1. The van der Waals surface area contributed by atoms with E-state index < -0.39 is 0 Å². The fraction of sp³-hybridized carbons (Fsp3) is 0.533. The van der Waals surface area contributed by atoms with E-state index in [0.29, 0.717) is 18.9 Å². The number of halogens is 1. The average molecular weight is 284 g/mol. The van der Waals surface area contributed by atoms with Crippen molar-refractivity contribution in [1.29, 1.82) is 0 Å². The second-order valence-electron chi connectivity index (χ2n) is 5.01. The van der Waals surface area contributed by atoms with Gasteiger partial charge in [-0.3, -0.25) is 4.79 Å². The van der Waals surface area contributed by atoms with E-state index in [-0.39, 0.29) is 11.4 Å². The van der Waals surface area contributed by atoms with Crippen LogP contribution in [0.15, 0.2) is 24.3 Å². The van der Waals surface area contributed by atoms with Gasteiger partial charge in [-0.05, 0) is 38.0 Å². The normalized spacial score (nSPS) is 13.7. The molecule has 0 saturated carbocycles. The molecule has 1 unspecified atom stereocenters. The Kier molecular flexibility index (Phi) is 6.16. The van der Waals surface area contributed by atoms with Gasteiger partial charge in [0.2, 0.25) is 5.91 Å². The van der Waals surface area contributed by atoms with Crippen molar-refractivity contribution in [3.05, 3.63) is 29.8 Å². The largest absolute Gasteiger partial charge is 0.493 e. The van der Waals surface area contributed by atoms with E-state index in [1.165, 1.54) is 0 Å². The van der Waals surface area contributed by atoms with Gasteiger partial charge in [0.1, 0.15) is 5.75 Å². The maximum absolute atomic E-state index is 11.8. The van der Waals surface area contributed by atoms with Crippen LogP contribution < -0.4 is 10.1 Å². The Labute approximate surface area is 120 Å². The molecule has 0 spiro atoms. The first kappa shape index (κ1) is 15.8. The number of hydrogen-bond acceptors (Lipinski definition) is 2. The lowest BCUT2D eigenvalue weighted by Crippen LogP contribution is -2.47. The highest BCUT2D eigenvalue weighted by Gasteiger charge is 2.22. The number of alkyl halides is 1. The number of hydrogen-bond donors (Lipinski definition) is 1. The number of rotatable bonds is 7. The zero-order chi connectivity index (χ0) is 14.3. The SMILES string of the molecule is CCC(C)(CCl)NC(=O)CCOc1cccc(C)c1. The molecule has 1 N–H and O–H groups in total. The van der Waals surface area contributed by atoms with Gasteiger partial charge in [0.25, 0.3) is 0 Å². The van der Waals surface area contributed by atoms with Crippen molar-refractivity contribution in [3.8, 4) is 5.75 Å². The molecule has 3 nitrogen and oxygen atoms in total. The fourth-order valence-electron chi connectivity index (χ4n) is 1.58. The van der Waals surface area contributed by atoms with Crippen molar-refractivity contribution >= 4 is 17.5 Å². The molecule has 106 valence electrons. The predicted molar refractivity (Wildman–Crippen MR) is 78.8 cm³/mol. The summed E-state index contributed by atoms with van der Waals surface area (Å²) in [6, 6.07) is 7.78. The molecule has 0 aliphatic carbocycles. The maximum Gasteiger partial charge on any atom is 0.223 e. The standard InChI is InChI=1S/C15H22ClNO2/c1-4-15(3,11-16)17-14(18)8-9-19-13-7-5-6-12(2)10-13/h5-7,10H,4,8-9,11H2,1-3H3,(H,17,18). The van der Waals surface area contributed by atoms with Crippen LogP contribution in [-0.2, 0) is 4.79 Å². The summed E-state index contributed by atoms with van der Waals surface area (Å²) in [6.07, 6.45) is 1.14. The Morgan fingerprint density at radius 1 is 1.47 bits per heavy atom. The van der Waals surface area contributed by atoms with E-state index >= 15 is 0 Å². The van der Waals surface area contributed by atoms with Crippen molar-refractivity contribution in [2.24, 2.45) is 0 Å². The number of ether oxygens (including phenoxy) is 1. The molecular weight excluding hydrogens is 262 g/mol. The highest BCUT2D eigenvalue weighted by Crippen LogP contribution is 2.13. The molecule has 1 aromatic carbocycles. The van der Waals surface area contributed by atoms with E-state index in [1.807, 2.05) is 45.0 Å². The molecule has 0 bridgehead atoms. The van der Waals surface area contributed by atoms with Crippen molar-refractivity contribution in [1.82, 2.24) is 5.32 Å². The molecule has 0 saturated heterocycles. The molecule has 1 aromatic rings. The minimum absolute atomic E-state index is 0.0300. The number of benzene rings is 1. The van der Waals surface area contributed by atoms with Crippen molar-refractivity contribution < 1.29 is 9.53 Å². The lowest BCUT2D eigenvalue weighted by Gasteiger charge is -2.27. The molecule has 0 aliphatic rings. The lowest BCUT2D eigenvalue weighted by atomic mass is 10.0. The van der Waals surface area contributed by atoms with Crippen LogP contribution in [0.4, 0.5) is 0 Å². The summed E-state index contributed by atoms with van der Waals surface area (Å²) in [5.41, 5.74) is 0.810. The van der Waals surface area contributed by atoms with Crippen molar-refractivity contribution in [2.45, 2.75) is 39.2 Å². The topological polar surface area (TPSA) is 38.3 Å². The second kappa shape index (κ2) is 7.39. The molecule has 1 amide bonds. The molecule has 19 heavy (non-hydrogen) atoms. The molecule has 0 fully saturated rings. The summed E-state index contributed by atoms with van der Waals surface area (Å²) in [5, 5.41) is 2.94. The summed E-state index contributed by atoms with van der Waals surface area (Å²) in [7, 11) is 0. The van der Waals surface area contributed by atoms with E-state index in [9.17, 15) is 4.79 Å². The van der Waals surface area contributed by atoms with Crippen LogP contribution in [-0.4, -0.2) is 23.9 Å². The molecular formula is C15H22ClNO2. The fourth-order valence-corrected chi connectivity index (χ4v) is 1.84. The molecule has 1 rings (SSSR count). The van der Waals surface area contributed by atoms with Crippen LogP contribution in [0.3, 0.4) is 0 Å². The van der Waals surface area contributed by atoms with Gasteiger partial charge in [0.15, 0.2) is 0 Å². The number of nitrogens with one attached hydrogen (secondary N) is 1. The second-order valence-corrected chi connectivity index (χ2v) is 5.28. The third kappa shape index (κ3) is 5.52. The van der Waals surface area contributed by atoms with E-state index in [1.54, 1.807) is 0 Å². The molecule has 0 radical (unpaired) electrons. The maximum atomic E-state index is 11.8. The van der Waals surface area contributed by atoms with Gasteiger partial charge in [-0.15, -0.1) is 11.6 Å². The zero-order valence-corrected chi connectivity index (χ0v) is 12.6. The van der Waals surface area contributed by atoms with Crippen LogP contribution >= 0.6 is 11.6 Å². The minimum atomic E-state index is -0.331. The Balaban J connectivity index is 2.35. The average Bonchev–Trinajstić information content (AvgIpc) is 2.38. The van der Waals surface area contributed by atoms with E-state index in [2.05, 4.69) is 5.32 Å². The van der Waals surface area contributed by atoms with Crippen LogP contribution in [0.25, 0.3) is 0 Å². The van der Waals surface area contributed by atoms with Gasteiger partial charge in [0.05, 0.1) is 18.6 Å². The smallest absolute Gasteiger partial charge is 0.223 e. The highest BCUT2D eigenvalue weighted by atomic mass is 35.5. The van der Waals surface area contributed by atoms with Gasteiger partial charge in [-0.2, -0.15) is 0 Å². The number of carbonyl (C=O) groups is 1. The molecule has 1 atom stereocenters. The van der Waals surface area contributed by atoms with Crippen molar-refractivity contribution in [2.75, 3.05) is 12.5 Å². The molecule has 0 heterocycles. The van der Waals surface area contributed by atoms with Crippen LogP contribution in [0.2, 0.25) is 0 Å². The Morgan fingerprint density at radius 3 is 2.79 bits per heavy atom. The van der Waals surface area contributed by atoms with Crippen LogP contribution in [0, 0.1) is 6.92 Å². The third-order valence-corrected chi connectivity index (χ3v) is 3.69. The van der Waals surface area contributed by atoms with Gasteiger partial charge in [-0.1, -0.05) is 19.1 Å². The first-order valence-corrected chi connectivity index (χ1v) is 7.09. The van der Waals surface area contributed by atoms with E-state index in [0.717, 1.165) is 17.7 Å². The quantitative estimate of drug-likeness (QED) is 0.780. The number of carbonyl (C=O) groups excluding carboxylic acids is 1. The Bertz CT molecular complexity index is 416. The molecule has 0 aromatic heterocycles. The van der Waals surface area contributed by atoms with Gasteiger partial charge in [0, 0.05) is 5.88 Å². The predicted octanol–water partition coefficient (Wildman–Crippen LogP) is 3.29. The van der Waals surface area contributed by atoms with E-state index in [4.69, 9.17) is 16.3 Å². The Morgan fingerprint density at radius 2 is 2.21 bits per heavy atom. The first-order valence-electron chi connectivity index (χ1n) is 6.55. The van der Waals surface area contributed by atoms with Crippen molar-refractivity contribution in [3.63, 3.8) is 0 Å². The van der Waals surface area contributed by atoms with Gasteiger partial charge in [-0.25, -0.2) is 0 Å². The first-order chi connectivity index (χ1) is 8.99. The Hall–Kier alpha value is -1.22. The summed E-state index contributed by atoms with van der Waals surface area (Å²) in [5.74, 6) is 1.18. The number of aryl methyl sites for hydroxylation is 1.